The van der Waals surface area contributed by atoms with E-state index in [-0.39, 0.29) is 17.7 Å². The van der Waals surface area contributed by atoms with Crippen LogP contribution in [0.2, 0.25) is 0 Å². The van der Waals surface area contributed by atoms with Crippen molar-refractivity contribution >= 4 is 23.2 Å². The van der Waals surface area contributed by atoms with E-state index in [0.29, 0.717) is 13.1 Å². The molecule has 2 aromatic rings. The van der Waals surface area contributed by atoms with Gasteiger partial charge in [0.1, 0.15) is 5.76 Å². The third-order valence-electron chi connectivity index (χ3n) is 4.57. The van der Waals surface area contributed by atoms with Crippen molar-refractivity contribution < 1.29 is 14.0 Å². The normalized spacial score (nSPS) is 11.4. The number of benzene rings is 1. The molecule has 158 valence electrons. The number of carbonyl (C=O) groups is 2. The molecule has 1 aromatic heterocycles. The fourth-order valence-electron chi connectivity index (χ4n) is 2.98. The molecule has 0 aliphatic carbocycles. The number of hydrogen-bond acceptors (Lipinski definition) is 4. The molecule has 0 fully saturated rings. The summed E-state index contributed by atoms with van der Waals surface area (Å²) < 4.78 is 5.48. The van der Waals surface area contributed by atoms with E-state index < -0.39 is 5.41 Å². The molecule has 1 aromatic carbocycles. The molecule has 0 aliphatic heterocycles. The lowest BCUT2D eigenvalue weighted by atomic mass is 9.94. The van der Waals surface area contributed by atoms with Gasteiger partial charge in [-0.1, -0.05) is 34.6 Å². The van der Waals surface area contributed by atoms with Crippen LogP contribution in [0, 0.1) is 11.3 Å². The molecule has 0 aliphatic rings. The summed E-state index contributed by atoms with van der Waals surface area (Å²) in [5.41, 5.74) is 2.17. The van der Waals surface area contributed by atoms with Crippen LogP contribution in [0.5, 0.6) is 0 Å². The van der Waals surface area contributed by atoms with Crippen molar-refractivity contribution in [3.05, 3.63) is 47.9 Å². The summed E-state index contributed by atoms with van der Waals surface area (Å²) in [6.45, 7) is 10.3. The zero-order chi connectivity index (χ0) is 21.8. The highest BCUT2D eigenvalue weighted by molar-refractivity contribution is 5.92. The van der Waals surface area contributed by atoms with Crippen LogP contribution in [0.1, 0.15) is 45.9 Å². The number of anilines is 2. The summed E-state index contributed by atoms with van der Waals surface area (Å²) in [4.78, 5) is 29.1. The number of nitrogens with zero attached hydrogens (tertiary/aromatic N) is 2. The van der Waals surface area contributed by atoms with E-state index in [0.717, 1.165) is 22.7 Å². The molecule has 29 heavy (non-hydrogen) atoms. The van der Waals surface area contributed by atoms with E-state index >= 15 is 0 Å². The molecule has 0 radical (unpaired) electrons. The molecule has 1 heterocycles. The monoisotopic (exact) mass is 399 g/mol. The Morgan fingerprint density at radius 3 is 2.31 bits per heavy atom. The molecule has 1 N–H and O–H groups in total. The Morgan fingerprint density at radius 2 is 1.79 bits per heavy atom. The Hall–Kier alpha value is -2.76. The lowest BCUT2D eigenvalue weighted by Gasteiger charge is -2.30. The molecule has 0 spiro atoms. The van der Waals surface area contributed by atoms with Crippen molar-refractivity contribution in [2.75, 3.05) is 24.3 Å². The summed E-state index contributed by atoms with van der Waals surface area (Å²) in [5, 5.41) is 2.95. The van der Waals surface area contributed by atoms with Crippen molar-refractivity contribution in [3.63, 3.8) is 0 Å². The minimum Gasteiger partial charge on any atom is -0.467 e. The van der Waals surface area contributed by atoms with Gasteiger partial charge >= 0.3 is 0 Å². The van der Waals surface area contributed by atoms with Crippen LogP contribution in [-0.2, 0) is 22.7 Å². The SMILES string of the molecule is CC(C)C(=O)Nc1ccc(N(C)C)c(CN(Cc2ccco2)C(=O)C(C)(C)C)c1. The third-order valence-corrected chi connectivity index (χ3v) is 4.57. The standard InChI is InChI=1S/C23H33N3O3/c1-16(2)21(27)24-18-10-11-20(25(6)7)17(13-18)14-26(22(28)23(3,4)5)15-19-9-8-12-29-19/h8-13,16H,14-15H2,1-7H3,(H,24,27). The van der Waals surface area contributed by atoms with Gasteiger partial charge in [-0.2, -0.15) is 0 Å². The van der Waals surface area contributed by atoms with Crippen LogP contribution in [0.4, 0.5) is 11.4 Å². The summed E-state index contributed by atoms with van der Waals surface area (Å²) >= 11 is 0. The van der Waals surface area contributed by atoms with E-state index in [9.17, 15) is 9.59 Å². The smallest absolute Gasteiger partial charge is 0.228 e. The fourth-order valence-corrected chi connectivity index (χ4v) is 2.98. The highest BCUT2D eigenvalue weighted by Crippen LogP contribution is 2.28. The molecule has 2 amide bonds. The molecule has 0 saturated heterocycles. The second-order valence-electron chi connectivity index (χ2n) is 8.87. The predicted molar refractivity (Wildman–Crippen MR) is 117 cm³/mol. The summed E-state index contributed by atoms with van der Waals surface area (Å²) in [6, 6.07) is 9.50. The number of carbonyl (C=O) groups excluding carboxylic acids is 2. The van der Waals surface area contributed by atoms with Gasteiger partial charge in [0, 0.05) is 43.3 Å². The first-order chi connectivity index (χ1) is 13.5. The van der Waals surface area contributed by atoms with Gasteiger partial charge in [0.05, 0.1) is 12.8 Å². The van der Waals surface area contributed by atoms with Crippen LogP contribution in [0.25, 0.3) is 0 Å². The number of furan rings is 1. The maximum atomic E-state index is 13.1. The maximum Gasteiger partial charge on any atom is 0.228 e. The summed E-state index contributed by atoms with van der Waals surface area (Å²) in [5.74, 6) is 0.630. The number of hydrogen-bond donors (Lipinski definition) is 1. The van der Waals surface area contributed by atoms with Crippen molar-refractivity contribution in [2.24, 2.45) is 11.3 Å². The van der Waals surface area contributed by atoms with Crippen LogP contribution >= 0.6 is 0 Å². The van der Waals surface area contributed by atoms with Crippen LogP contribution in [-0.4, -0.2) is 30.8 Å². The zero-order valence-electron chi connectivity index (χ0n) is 18.6. The second kappa shape index (κ2) is 9.16. The number of nitrogens with one attached hydrogen (secondary N) is 1. The van der Waals surface area contributed by atoms with E-state index in [1.807, 2.05) is 83.9 Å². The molecule has 6 heteroatoms. The van der Waals surface area contributed by atoms with Crippen molar-refractivity contribution in [1.29, 1.82) is 0 Å². The fraction of sp³-hybridized carbons (Fsp3) is 0.478. The Balaban J connectivity index is 2.38. The highest BCUT2D eigenvalue weighted by Gasteiger charge is 2.28. The largest absolute Gasteiger partial charge is 0.467 e. The van der Waals surface area contributed by atoms with E-state index in [1.165, 1.54) is 0 Å². The van der Waals surface area contributed by atoms with Gasteiger partial charge in [0.2, 0.25) is 11.8 Å². The van der Waals surface area contributed by atoms with E-state index in [1.54, 1.807) is 11.2 Å². The van der Waals surface area contributed by atoms with Gasteiger partial charge in [0.15, 0.2) is 0 Å². The van der Waals surface area contributed by atoms with Gasteiger partial charge in [0.25, 0.3) is 0 Å². The van der Waals surface area contributed by atoms with Gasteiger partial charge in [-0.15, -0.1) is 0 Å². The molecular formula is C23H33N3O3. The van der Waals surface area contributed by atoms with Crippen LogP contribution in [0.3, 0.4) is 0 Å². The minimum absolute atomic E-state index is 0.0354. The van der Waals surface area contributed by atoms with Crippen molar-refractivity contribution in [3.8, 4) is 0 Å². The van der Waals surface area contributed by atoms with Crippen LogP contribution in [0.15, 0.2) is 41.0 Å². The second-order valence-corrected chi connectivity index (χ2v) is 8.87. The zero-order valence-corrected chi connectivity index (χ0v) is 18.6. The molecule has 0 bridgehead atoms. The highest BCUT2D eigenvalue weighted by atomic mass is 16.3. The van der Waals surface area contributed by atoms with Gasteiger partial charge in [-0.3, -0.25) is 9.59 Å². The molecule has 0 saturated carbocycles. The van der Waals surface area contributed by atoms with Crippen LogP contribution < -0.4 is 10.2 Å². The average Bonchev–Trinajstić information content (AvgIpc) is 3.12. The minimum atomic E-state index is -0.520. The molecule has 6 nitrogen and oxygen atoms in total. The number of rotatable bonds is 7. The van der Waals surface area contributed by atoms with E-state index in [2.05, 4.69) is 5.32 Å². The van der Waals surface area contributed by atoms with Gasteiger partial charge in [-0.05, 0) is 35.9 Å². The lowest BCUT2D eigenvalue weighted by molar-refractivity contribution is -0.141. The van der Waals surface area contributed by atoms with Crippen molar-refractivity contribution in [2.45, 2.75) is 47.7 Å². The molecule has 0 unspecified atom stereocenters. The Labute approximate surface area is 173 Å². The summed E-state index contributed by atoms with van der Waals surface area (Å²) in [6.07, 6.45) is 1.61. The Kier molecular flexibility index (Phi) is 7.11. The third kappa shape index (κ3) is 6.11. The average molecular weight is 400 g/mol. The summed E-state index contributed by atoms with van der Waals surface area (Å²) in [7, 11) is 3.93. The molecular weight excluding hydrogens is 366 g/mol. The Bertz CT molecular complexity index is 834. The first kappa shape index (κ1) is 22.5. The first-order valence-electron chi connectivity index (χ1n) is 9.92. The van der Waals surface area contributed by atoms with Crippen molar-refractivity contribution in [1.82, 2.24) is 4.90 Å². The number of amides is 2. The lowest BCUT2D eigenvalue weighted by Crippen LogP contribution is -2.38. The van der Waals surface area contributed by atoms with E-state index in [4.69, 9.17) is 4.42 Å². The predicted octanol–water partition coefficient (Wildman–Crippen LogP) is 4.52. The topological polar surface area (TPSA) is 65.8 Å². The maximum absolute atomic E-state index is 13.1. The van der Waals surface area contributed by atoms with Gasteiger partial charge < -0.3 is 19.5 Å². The Morgan fingerprint density at radius 1 is 1.10 bits per heavy atom. The first-order valence-corrected chi connectivity index (χ1v) is 9.92. The quantitative estimate of drug-likeness (QED) is 0.744. The molecule has 0 atom stereocenters. The van der Waals surface area contributed by atoms with Gasteiger partial charge in [-0.25, -0.2) is 0 Å². The molecule has 2 rings (SSSR count).